The molecule has 0 bridgehead atoms. The lowest BCUT2D eigenvalue weighted by Gasteiger charge is -2.07. The maximum Gasteiger partial charge on any atom is 0.399 e. The first-order chi connectivity index (χ1) is 8.12. The van der Waals surface area contributed by atoms with Crippen molar-refractivity contribution in [3.63, 3.8) is 0 Å². The molecule has 6 N–H and O–H groups in total. The van der Waals surface area contributed by atoms with Crippen LogP contribution in [-0.2, 0) is 18.8 Å². The number of hydrogen-bond acceptors (Lipinski definition) is 8. The second kappa shape index (κ2) is 10.8. The second-order valence-corrected chi connectivity index (χ2v) is 4.42. The number of hydrogen-bond donors (Lipinski definition) is 4. The van der Waals surface area contributed by atoms with Crippen molar-refractivity contribution in [3.8, 4) is 0 Å². The highest BCUT2D eigenvalue weighted by molar-refractivity contribution is 7.81. The Morgan fingerprint density at radius 3 is 1.59 bits per heavy atom. The molecule has 0 aliphatic rings. The predicted octanol–water partition coefficient (Wildman–Crippen LogP) is -2.64. The van der Waals surface area contributed by atoms with E-state index in [1.807, 2.05) is 0 Å². The van der Waals surface area contributed by atoms with Gasteiger partial charge in [-0.1, -0.05) is 0 Å². The largest absolute Gasteiger partial charge is 0.399 e. The molecule has 0 aliphatic heterocycles. The molecular weight excluding hydrogens is 248 g/mol. The zero-order chi connectivity index (χ0) is 13.0. The van der Waals surface area contributed by atoms with E-state index < -0.39 is 10.4 Å². The van der Waals surface area contributed by atoms with E-state index in [9.17, 15) is 8.42 Å². The first kappa shape index (κ1) is 16.7. The van der Waals surface area contributed by atoms with Crippen LogP contribution in [0.5, 0.6) is 0 Å². The van der Waals surface area contributed by atoms with Crippen LogP contribution in [0.4, 0.5) is 0 Å². The molecule has 17 heavy (non-hydrogen) atoms. The maximum atomic E-state index is 11.1. The van der Waals surface area contributed by atoms with Gasteiger partial charge >= 0.3 is 10.4 Å². The highest BCUT2D eigenvalue weighted by Gasteiger charge is 2.10. The van der Waals surface area contributed by atoms with Gasteiger partial charge in [0.25, 0.3) is 0 Å². The van der Waals surface area contributed by atoms with Crippen molar-refractivity contribution in [2.45, 2.75) is 0 Å². The van der Waals surface area contributed by atoms with Gasteiger partial charge in [-0.05, 0) is 0 Å². The highest BCUT2D eigenvalue weighted by Crippen LogP contribution is 1.94. The Balaban J connectivity index is 3.46. The van der Waals surface area contributed by atoms with Crippen LogP contribution in [0.3, 0.4) is 0 Å². The summed E-state index contributed by atoms with van der Waals surface area (Å²) in [4.78, 5) is 0. The molecule has 0 fully saturated rings. The molecule has 104 valence electrons. The Hall–Kier alpha value is -0.290. The van der Waals surface area contributed by atoms with Gasteiger partial charge in [-0.25, -0.2) is 8.37 Å². The molecule has 0 rings (SSSR count). The number of nitrogens with two attached hydrogens (primary N) is 2. The van der Waals surface area contributed by atoms with E-state index in [-0.39, 0.29) is 13.2 Å². The van der Waals surface area contributed by atoms with Crippen molar-refractivity contribution in [3.05, 3.63) is 0 Å². The second-order valence-electron chi connectivity index (χ2n) is 3.13. The van der Waals surface area contributed by atoms with Crippen molar-refractivity contribution < 1.29 is 16.8 Å². The third-order valence-electron chi connectivity index (χ3n) is 1.66. The first-order valence-electron chi connectivity index (χ1n) is 5.47. The molecule has 0 aromatic heterocycles. The summed E-state index contributed by atoms with van der Waals surface area (Å²) in [6.07, 6.45) is 0. The third kappa shape index (κ3) is 12.0. The van der Waals surface area contributed by atoms with Gasteiger partial charge in [0.2, 0.25) is 0 Å². The minimum Gasteiger partial charge on any atom is -0.329 e. The maximum absolute atomic E-state index is 11.1. The van der Waals surface area contributed by atoms with Crippen LogP contribution in [0, 0.1) is 0 Å². The molecule has 0 spiro atoms. The number of nitrogens with one attached hydrogen (secondary N) is 2. The van der Waals surface area contributed by atoms with Gasteiger partial charge in [-0.15, -0.1) is 0 Å². The van der Waals surface area contributed by atoms with Crippen molar-refractivity contribution in [2.75, 3.05) is 52.5 Å². The fourth-order valence-corrected chi connectivity index (χ4v) is 1.56. The van der Waals surface area contributed by atoms with Crippen molar-refractivity contribution in [1.82, 2.24) is 10.6 Å². The SMILES string of the molecule is NCCNCCOS(=O)(=O)OCCNCCN. The molecule has 0 atom stereocenters. The van der Waals surface area contributed by atoms with E-state index in [4.69, 9.17) is 11.5 Å². The van der Waals surface area contributed by atoms with Gasteiger partial charge in [-0.3, -0.25) is 0 Å². The van der Waals surface area contributed by atoms with Crippen LogP contribution in [0.15, 0.2) is 0 Å². The fraction of sp³-hybridized carbons (Fsp3) is 1.00. The Morgan fingerprint density at radius 1 is 0.824 bits per heavy atom. The highest BCUT2D eigenvalue weighted by atomic mass is 32.3. The van der Waals surface area contributed by atoms with Crippen LogP contribution in [0.2, 0.25) is 0 Å². The lowest BCUT2D eigenvalue weighted by Crippen LogP contribution is -2.29. The van der Waals surface area contributed by atoms with Crippen molar-refractivity contribution in [2.24, 2.45) is 11.5 Å². The van der Waals surface area contributed by atoms with E-state index in [0.29, 0.717) is 39.3 Å². The number of rotatable bonds is 12. The van der Waals surface area contributed by atoms with Gasteiger partial charge in [0.1, 0.15) is 0 Å². The summed E-state index contributed by atoms with van der Waals surface area (Å²) in [5.41, 5.74) is 10.5. The third-order valence-corrected chi connectivity index (χ3v) is 2.57. The van der Waals surface area contributed by atoms with Crippen LogP contribution in [0.1, 0.15) is 0 Å². The summed E-state index contributed by atoms with van der Waals surface area (Å²) in [7, 11) is -3.90. The molecule has 9 heteroatoms. The monoisotopic (exact) mass is 270 g/mol. The zero-order valence-corrected chi connectivity index (χ0v) is 10.7. The topological polar surface area (TPSA) is 129 Å². The standard InChI is InChI=1S/C8H22N4O4S/c9-1-3-11-5-7-15-17(13,14)16-8-6-12-4-2-10/h11-12H,1-10H2. The summed E-state index contributed by atoms with van der Waals surface area (Å²) in [6.45, 7) is 3.10. The zero-order valence-electron chi connectivity index (χ0n) is 9.85. The molecule has 0 saturated carbocycles. The van der Waals surface area contributed by atoms with E-state index in [2.05, 4.69) is 19.0 Å². The molecule has 0 amide bonds. The van der Waals surface area contributed by atoms with Crippen molar-refractivity contribution in [1.29, 1.82) is 0 Å². The van der Waals surface area contributed by atoms with Gasteiger partial charge < -0.3 is 22.1 Å². The summed E-state index contributed by atoms with van der Waals surface area (Å²) in [5.74, 6) is 0. The summed E-state index contributed by atoms with van der Waals surface area (Å²) in [5, 5.41) is 5.79. The van der Waals surface area contributed by atoms with E-state index >= 15 is 0 Å². The summed E-state index contributed by atoms with van der Waals surface area (Å²) in [6, 6.07) is 0. The van der Waals surface area contributed by atoms with Crippen LogP contribution >= 0.6 is 0 Å². The molecule has 0 heterocycles. The molecule has 0 saturated heterocycles. The molecule has 8 nitrogen and oxygen atoms in total. The predicted molar refractivity (Wildman–Crippen MR) is 64.7 cm³/mol. The van der Waals surface area contributed by atoms with Crippen LogP contribution in [-0.4, -0.2) is 60.9 Å². The Bertz CT molecular complexity index is 240. The molecule has 0 unspecified atom stereocenters. The Kier molecular flexibility index (Phi) is 10.7. The lowest BCUT2D eigenvalue weighted by atomic mass is 10.6. The van der Waals surface area contributed by atoms with Crippen LogP contribution in [0.25, 0.3) is 0 Å². The average molecular weight is 270 g/mol. The first-order valence-corrected chi connectivity index (χ1v) is 6.81. The molecule has 0 radical (unpaired) electrons. The van der Waals surface area contributed by atoms with Gasteiger partial charge in [0.05, 0.1) is 13.2 Å². The smallest absolute Gasteiger partial charge is 0.329 e. The lowest BCUT2D eigenvalue weighted by molar-refractivity contribution is 0.215. The average Bonchev–Trinajstić information content (AvgIpc) is 2.28. The Labute approximate surface area is 102 Å². The fourth-order valence-electron chi connectivity index (χ4n) is 0.920. The van der Waals surface area contributed by atoms with E-state index in [1.54, 1.807) is 0 Å². The van der Waals surface area contributed by atoms with Crippen LogP contribution < -0.4 is 22.1 Å². The minimum absolute atomic E-state index is 0.0264. The van der Waals surface area contributed by atoms with Crippen molar-refractivity contribution >= 4 is 10.4 Å². The normalized spacial score (nSPS) is 11.9. The molecule has 0 aromatic rings. The molecule has 0 aromatic carbocycles. The van der Waals surface area contributed by atoms with E-state index in [0.717, 1.165) is 0 Å². The van der Waals surface area contributed by atoms with E-state index in [1.165, 1.54) is 0 Å². The molecule has 0 aliphatic carbocycles. The van der Waals surface area contributed by atoms with Gasteiger partial charge in [-0.2, -0.15) is 8.42 Å². The Morgan fingerprint density at radius 2 is 1.24 bits per heavy atom. The molecular formula is C8H22N4O4S. The summed E-state index contributed by atoms with van der Waals surface area (Å²) < 4.78 is 31.4. The quantitative estimate of drug-likeness (QED) is 0.283. The summed E-state index contributed by atoms with van der Waals surface area (Å²) >= 11 is 0. The minimum atomic E-state index is -3.90. The van der Waals surface area contributed by atoms with Gasteiger partial charge in [0, 0.05) is 39.3 Å². The van der Waals surface area contributed by atoms with Gasteiger partial charge in [0.15, 0.2) is 0 Å².